The molecular weight excluding hydrogens is 588 g/mol. The minimum Gasteiger partial charge on any atom is -0.490 e. The van der Waals surface area contributed by atoms with Crippen LogP contribution in [-0.4, -0.2) is 89.6 Å². The number of carbonyl (C=O) groups excluding carboxylic acids is 3. The van der Waals surface area contributed by atoms with Gasteiger partial charge in [0.25, 0.3) is 0 Å². The van der Waals surface area contributed by atoms with Crippen molar-refractivity contribution < 1.29 is 33.0 Å². The number of carbonyl (C=O) groups is 3. The summed E-state index contributed by atoms with van der Waals surface area (Å²) < 4.78 is 31.1. The van der Waals surface area contributed by atoms with Crippen molar-refractivity contribution in [3.63, 3.8) is 0 Å². The highest BCUT2D eigenvalue weighted by molar-refractivity contribution is 14.1. The maximum absolute atomic E-state index is 14.2. The number of alkyl halides is 1. The summed E-state index contributed by atoms with van der Waals surface area (Å²) in [6.07, 6.45) is -0.641. The smallest absolute Gasteiger partial charge is 0.438 e. The SMILES string of the molecule is CN1CN(C(=NC(=O)OC(C)(C)C)OC(=O)NCCc2ccc(OCCCI)c(F)c2)CN(C)C1=O. The monoisotopic (exact) mass is 621 g/mol. The third-order valence-electron chi connectivity index (χ3n) is 4.67. The zero-order valence-corrected chi connectivity index (χ0v) is 23.3. The van der Waals surface area contributed by atoms with Crippen LogP contribution in [0.25, 0.3) is 0 Å². The van der Waals surface area contributed by atoms with Crippen LogP contribution in [-0.2, 0) is 15.9 Å². The second-order valence-corrected chi connectivity index (χ2v) is 10.2. The maximum Gasteiger partial charge on any atom is 0.438 e. The normalized spacial score (nSPS) is 14.6. The fourth-order valence-corrected chi connectivity index (χ4v) is 3.40. The number of alkyl carbamates (subject to hydrolysis) is 1. The summed E-state index contributed by atoms with van der Waals surface area (Å²) >= 11 is 2.23. The van der Waals surface area contributed by atoms with Crippen LogP contribution in [0.5, 0.6) is 5.75 Å². The largest absolute Gasteiger partial charge is 0.490 e. The molecule has 1 heterocycles. The van der Waals surface area contributed by atoms with Crippen molar-refractivity contribution in [3.8, 4) is 5.75 Å². The second kappa shape index (κ2) is 13.5. The number of benzene rings is 1. The zero-order valence-electron chi connectivity index (χ0n) is 21.2. The van der Waals surface area contributed by atoms with Gasteiger partial charge in [0.1, 0.15) is 18.9 Å². The molecule has 1 N–H and O–H groups in total. The quantitative estimate of drug-likeness (QED) is 0.162. The standard InChI is InChI=1S/C23H33FIN5O6/c1-23(2,3)36-21(32)27-19(30-14-28(4)22(33)29(5)15-30)35-20(31)26-11-9-16-7-8-18(17(24)13-16)34-12-6-10-25/h7-8,13H,6,9-12,14-15H2,1-5H3,(H,26,31). The molecular formula is C23H33FIN5O6. The van der Waals surface area contributed by atoms with Gasteiger partial charge in [-0.25, -0.2) is 18.8 Å². The van der Waals surface area contributed by atoms with Gasteiger partial charge in [0.15, 0.2) is 11.6 Å². The summed E-state index contributed by atoms with van der Waals surface area (Å²) in [4.78, 5) is 44.8. The highest BCUT2D eigenvalue weighted by Crippen LogP contribution is 2.19. The Morgan fingerprint density at radius 3 is 2.44 bits per heavy atom. The molecule has 1 saturated heterocycles. The number of amidine groups is 1. The van der Waals surface area contributed by atoms with E-state index in [1.54, 1.807) is 47.0 Å². The maximum atomic E-state index is 14.2. The molecule has 1 aromatic rings. The van der Waals surface area contributed by atoms with E-state index in [1.165, 1.54) is 20.8 Å². The molecule has 0 radical (unpaired) electrons. The van der Waals surface area contributed by atoms with E-state index >= 15 is 0 Å². The van der Waals surface area contributed by atoms with Gasteiger partial charge in [-0.2, -0.15) is 0 Å². The van der Waals surface area contributed by atoms with Gasteiger partial charge in [-0.3, -0.25) is 4.90 Å². The molecule has 36 heavy (non-hydrogen) atoms. The van der Waals surface area contributed by atoms with Gasteiger partial charge in [-0.15, -0.1) is 4.99 Å². The van der Waals surface area contributed by atoms with Crippen molar-refractivity contribution in [2.45, 2.75) is 39.2 Å². The Bertz CT molecular complexity index is 957. The number of nitrogens with zero attached hydrogens (tertiary/aromatic N) is 4. The van der Waals surface area contributed by atoms with E-state index in [1.807, 2.05) is 0 Å². The Kier molecular flexibility index (Phi) is 11.0. The number of rotatable bonds is 7. The lowest BCUT2D eigenvalue weighted by Gasteiger charge is -2.39. The summed E-state index contributed by atoms with van der Waals surface area (Å²) in [5, 5.41) is 2.56. The molecule has 13 heteroatoms. The average molecular weight is 621 g/mol. The summed E-state index contributed by atoms with van der Waals surface area (Å²) in [5.41, 5.74) is -0.139. The van der Waals surface area contributed by atoms with Crippen LogP contribution in [0, 0.1) is 5.82 Å². The van der Waals surface area contributed by atoms with E-state index in [0.717, 1.165) is 10.8 Å². The molecule has 4 amide bonds. The van der Waals surface area contributed by atoms with Gasteiger partial charge in [0, 0.05) is 25.1 Å². The van der Waals surface area contributed by atoms with Crippen molar-refractivity contribution >= 4 is 46.8 Å². The Balaban J connectivity index is 2.00. The number of hydrogen-bond acceptors (Lipinski definition) is 6. The molecule has 2 rings (SSSR count). The van der Waals surface area contributed by atoms with Gasteiger partial charge in [-0.1, -0.05) is 28.7 Å². The molecule has 0 aliphatic carbocycles. The number of ether oxygens (including phenoxy) is 3. The van der Waals surface area contributed by atoms with Gasteiger partial charge < -0.3 is 29.3 Å². The summed E-state index contributed by atoms with van der Waals surface area (Å²) in [7, 11) is 3.13. The van der Waals surface area contributed by atoms with Gasteiger partial charge in [0.2, 0.25) is 0 Å². The van der Waals surface area contributed by atoms with Gasteiger partial charge in [0.05, 0.1) is 6.61 Å². The number of halogens is 2. The summed E-state index contributed by atoms with van der Waals surface area (Å²) in [6.45, 7) is 5.72. The van der Waals surface area contributed by atoms with Crippen molar-refractivity contribution in [2.24, 2.45) is 4.99 Å². The van der Waals surface area contributed by atoms with Crippen LogP contribution < -0.4 is 10.1 Å². The molecule has 1 aromatic carbocycles. The molecule has 1 aliphatic heterocycles. The molecule has 200 valence electrons. The van der Waals surface area contributed by atoms with Crippen LogP contribution in [0.4, 0.5) is 18.8 Å². The first kappa shape index (κ1) is 29.4. The summed E-state index contributed by atoms with van der Waals surface area (Å²) in [5.74, 6) is -0.280. The number of amides is 4. The molecule has 1 aliphatic rings. The molecule has 1 fully saturated rings. The van der Waals surface area contributed by atoms with Crippen LogP contribution in [0.3, 0.4) is 0 Å². The number of aliphatic imine (C=N–C) groups is 1. The lowest BCUT2D eigenvalue weighted by Crippen LogP contribution is -2.57. The van der Waals surface area contributed by atoms with Crippen molar-refractivity contribution in [2.75, 3.05) is 45.0 Å². The predicted octanol–water partition coefficient (Wildman–Crippen LogP) is 3.80. The lowest BCUT2D eigenvalue weighted by molar-refractivity contribution is 0.0578. The topological polar surface area (TPSA) is 113 Å². The van der Waals surface area contributed by atoms with Crippen molar-refractivity contribution in [1.29, 1.82) is 0 Å². The molecule has 0 saturated carbocycles. The summed E-state index contributed by atoms with van der Waals surface area (Å²) in [6, 6.07) is 4.10. The molecule has 0 aromatic heterocycles. The van der Waals surface area contributed by atoms with E-state index < -0.39 is 23.6 Å². The third kappa shape index (κ3) is 9.66. The minimum absolute atomic E-state index is 0.0453. The minimum atomic E-state index is -0.941. The number of urea groups is 1. The van der Waals surface area contributed by atoms with Crippen LogP contribution in [0.2, 0.25) is 0 Å². The molecule has 0 bridgehead atoms. The highest BCUT2D eigenvalue weighted by Gasteiger charge is 2.30. The third-order valence-corrected chi connectivity index (χ3v) is 5.43. The number of hydrogen-bond donors (Lipinski definition) is 1. The Morgan fingerprint density at radius 1 is 1.19 bits per heavy atom. The lowest BCUT2D eigenvalue weighted by atomic mass is 10.1. The van der Waals surface area contributed by atoms with E-state index in [9.17, 15) is 18.8 Å². The predicted molar refractivity (Wildman–Crippen MR) is 140 cm³/mol. The van der Waals surface area contributed by atoms with E-state index in [2.05, 4.69) is 32.9 Å². The van der Waals surface area contributed by atoms with Crippen molar-refractivity contribution in [1.82, 2.24) is 20.0 Å². The van der Waals surface area contributed by atoms with Crippen molar-refractivity contribution in [3.05, 3.63) is 29.6 Å². The second-order valence-electron chi connectivity index (χ2n) is 9.10. The van der Waals surface area contributed by atoms with E-state index in [-0.39, 0.29) is 37.7 Å². The Hall–Kier alpha value is -2.84. The van der Waals surface area contributed by atoms with E-state index in [0.29, 0.717) is 18.6 Å². The zero-order chi connectivity index (χ0) is 26.9. The Labute approximate surface area is 224 Å². The fraction of sp³-hybridized carbons (Fsp3) is 0.565. The van der Waals surface area contributed by atoms with Gasteiger partial charge >= 0.3 is 24.2 Å². The first-order valence-corrected chi connectivity index (χ1v) is 12.9. The molecule has 0 atom stereocenters. The number of nitrogens with one attached hydrogen (secondary N) is 1. The van der Waals surface area contributed by atoms with E-state index in [4.69, 9.17) is 14.2 Å². The highest BCUT2D eigenvalue weighted by atomic mass is 127. The molecule has 11 nitrogen and oxygen atoms in total. The molecule has 0 spiro atoms. The fourth-order valence-electron chi connectivity index (χ4n) is 3.09. The average Bonchev–Trinajstić information content (AvgIpc) is 2.77. The first-order chi connectivity index (χ1) is 16.9. The van der Waals surface area contributed by atoms with Crippen LogP contribution in [0.1, 0.15) is 32.8 Å². The van der Waals surface area contributed by atoms with Crippen LogP contribution in [0.15, 0.2) is 23.2 Å². The van der Waals surface area contributed by atoms with Crippen LogP contribution >= 0.6 is 22.6 Å². The Morgan fingerprint density at radius 2 is 1.86 bits per heavy atom. The van der Waals surface area contributed by atoms with Gasteiger partial charge in [-0.05, 0) is 51.3 Å². The first-order valence-electron chi connectivity index (χ1n) is 11.4. The molecule has 0 unspecified atom stereocenters.